The molecule has 1 aromatic rings. The van der Waals surface area contributed by atoms with Crippen molar-refractivity contribution in [2.75, 3.05) is 17.2 Å². The molecule has 0 saturated carbocycles. The Morgan fingerprint density at radius 3 is 2.94 bits per heavy atom. The average Bonchev–Trinajstić information content (AvgIpc) is 2.28. The van der Waals surface area contributed by atoms with Crippen LogP contribution in [0.15, 0.2) is 23.1 Å². The largest absolute Gasteiger partial charge is 0.311 e. The van der Waals surface area contributed by atoms with E-state index >= 15 is 0 Å². The second-order valence-electron chi connectivity index (χ2n) is 3.38. The number of nitrogens with zero attached hydrogens (tertiary/aromatic N) is 1. The fourth-order valence-electron chi connectivity index (χ4n) is 1.67. The monoisotopic (exact) mass is 255 g/mol. The highest BCUT2D eigenvalue weighted by atomic mass is 35.5. The molecule has 16 heavy (non-hydrogen) atoms. The van der Waals surface area contributed by atoms with Gasteiger partial charge in [-0.25, -0.2) is 0 Å². The Labute approximate surface area is 103 Å². The maximum Gasteiger partial charge on any atom is 0.252 e. The molecule has 5 heteroatoms. The molecule has 0 aliphatic carbocycles. The van der Waals surface area contributed by atoms with Crippen LogP contribution in [0.4, 0.5) is 5.69 Å². The van der Waals surface area contributed by atoms with Crippen molar-refractivity contribution in [2.45, 2.75) is 11.8 Å². The number of benzene rings is 1. The van der Waals surface area contributed by atoms with Crippen LogP contribution in [0.2, 0.25) is 0 Å². The lowest BCUT2D eigenvalue weighted by molar-refractivity contribution is -0.116. The van der Waals surface area contributed by atoms with E-state index < -0.39 is 5.24 Å². The van der Waals surface area contributed by atoms with Crippen molar-refractivity contribution in [2.24, 2.45) is 0 Å². The molecule has 3 nitrogen and oxygen atoms in total. The van der Waals surface area contributed by atoms with Gasteiger partial charge in [-0.3, -0.25) is 9.59 Å². The Morgan fingerprint density at radius 2 is 2.31 bits per heavy atom. The molecule has 0 N–H and O–H groups in total. The molecule has 0 saturated heterocycles. The summed E-state index contributed by atoms with van der Waals surface area (Å²) in [5, 5.41) is -0.498. The second kappa shape index (κ2) is 4.47. The lowest BCUT2D eigenvalue weighted by Gasteiger charge is -2.28. The number of carbonyl (C=O) groups excluding carboxylic acids is 2. The summed E-state index contributed by atoms with van der Waals surface area (Å²) in [7, 11) is 0. The molecule has 1 aliphatic rings. The van der Waals surface area contributed by atoms with Crippen LogP contribution in [0.1, 0.15) is 17.3 Å². The summed E-state index contributed by atoms with van der Waals surface area (Å²) in [5.41, 5.74) is 1.21. The van der Waals surface area contributed by atoms with E-state index in [-0.39, 0.29) is 5.91 Å². The number of thioether (sulfide) groups is 1. The maximum atomic E-state index is 11.7. The highest BCUT2D eigenvalue weighted by Crippen LogP contribution is 2.35. The van der Waals surface area contributed by atoms with Gasteiger partial charge in [0.2, 0.25) is 5.91 Å². The first-order chi connectivity index (χ1) is 7.63. The van der Waals surface area contributed by atoms with Gasteiger partial charge < -0.3 is 4.90 Å². The first-order valence-electron chi connectivity index (χ1n) is 4.90. The number of hydrogen-bond acceptors (Lipinski definition) is 3. The van der Waals surface area contributed by atoms with Crippen LogP contribution in [0.5, 0.6) is 0 Å². The highest BCUT2D eigenvalue weighted by molar-refractivity contribution is 8.00. The standard InChI is InChI=1S/C11H10ClNO2S/c1-2-13-8-5-7(11(12)15)3-4-9(8)16-6-10(13)14/h3-5H,2,6H2,1H3. The predicted molar refractivity (Wildman–Crippen MR) is 65.4 cm³/mol. The molecule has 1 aromatic carbocycles. The number of carbonyl (C=O) groups is 2. The van der Waals surface area contributed by atoms with Crippen molar-refractivity contribution in [3.63, 3.8) is 0 Å². The number of rotatable bonds is 2. The zero-order chi connectivity index (χ0) is 11.7. The first kappa shape index (κ1) is 11.5. The third kappa shape index (κ3) is 1.95. The summed E-state index contributed by atoms with van der Waals surface area (Å²) in [6, 6.07) is 5.20. The molecule has 0 atom stereocenters. The summed E-state index contributed by atoms with van der Waals surface area (Å²) >= 11 is 6.91. The zero-order valence-electron chi connectivity index (χ0n) is 8.70. The van der Waals surface area contributed by atoms with Gasteiger partial charge in [0, 0.05) is 17.0 Å². The Hall–Kier alpha value is -1.00. The van der Waals surface area contributed by atoms with Gasteiger partial charge in [0.1, 0.15) is 0 Å². The molecule has 1 aliphatic heterocycles. The number of amides is 1. The van der Waals surface area contributed by atoms with E-state index in [9.17, 15) is 9.59 Å². The molecule has 84 valence electrons. The minimum atomic E-state index is -0.498. The Morgan fingerprint density at radius 1 is 1.56 bits per heavy atom. The summed E-state index contributed by atoms with van der Waals surface area (Å²) in [6.07, 6.45) is 0. The fourth-order valence-corrected chi connectivity index (χ4v) is 2.70. The van der Waals surface area contributed by atoms with Gasteiger partial charge in [-0.05, 0) is 36.7 Å². The van der Waals surface area contributed by atoms with Gasteiger partial charge in [-0.15, -0.1) is 11.8 Å². The van der Waals surface area contributed by atoms with Crippen molar-refractivity contribution in [1.29, 1.82) is 0 Å². The third-order valence-corrected chi connectivity index (χ3v) is 3.71. The van der Waals surface area contributed by atoms with Crippen LogP contribution in [0.25, 0.3) is 0 Å². The van der Waals surface area contributed by atoms with Gasteiger partial charge in [0.05, 0.1) is 11.4 Å². The Bertz CT molecular complexity index is 461. The average molecular weight is 256 g/mol. The lowest BCUT2D eigenvalue weighted by atomic mass is 10.2. The molecule has 1 amide bonds. The van der Waals surface area contributed by atoms with Crippen LogP contribution in [0.3, 0.4) is 0 Å². The first-order valence-corrected chi connectivity index (χ1v) is 6.27. The number of hydrogen-bond donors (Lipinski definition) is 0. The minimum absolute atomic E-state index is 0.0687. The van der Waals surface area contributed by atoms with Crippen LogP contribution in [-0.2, 0) is 4.79 Å². The molecule has 0 radical (unpaired) electrons. The molecule has 0 bridgehead atoms. The van der Waals surface area contributed by atoms with Gasteiger partial charge >= 0.3 is 0 Å². The number of fused-ring (bicyclic) bond motifs is 1. The summed E-state index contributed by atoms with van der Waals surface area (Å²) in [4.78, 5) is 25.4. The van der Waals surface area contributed by atoms with E-state index in [1.165, 1.54) is 11.8 Å². The van der Waals surface area contributed by atoms with Gasteiger partial charge in [0.15, 0.2) is 0 Å². The maximum absolute atomic E-state index is 11.7. The smallest absolute Gasteiger partial charge is 0.252 e. The molecular formula is C11H10ClNO2S. The number of anilines is 1. The van der Waals surface area contributed by atoms with Crippen LogP contribution >= 0.6 is 23.4 Å². The van der Waals surface area contributed by atoms with E-state index in [2.05, 4.69) is 0 Å². The lowest BCUT2D eigenvalue weighted by Crippen LogP contribution is -2.35. The second-order valence-corrected chi connectivity index (χ2v) is 4.74. The normalized spacial score (nSPS) is 14.9. The highest BCUT2D eigenvalue weighted by Gasteiger charge is 2.24. The predicted octanol–water partition coefficient (Wildman–Crippen LogP) is 2.52. The van der Waals surface area contributed by atoms with Crippen molar-refractivity contribution >= 4 is 40.2 Å². The molecule has 1 heterocycles. The quantitative estimate of drug-likeness (QED) is 0.762. The van der Waals surface area contributed by atoms with Gasteiger partial charge in [0.25, 0.3) is 5.24 Å². The van der Waals surface area contributed by atoms with Crippen LogP contribution < -0.4 is 4.90 Å². The van der Waals surface area contributed by atoms with E-state index in [1.54, 1.807) is 17.0 Å². The summed E-state index contributed by atoms with van der Waals surface area (Å²) in [6.45, 7) is 2.51. The topological polar surface area (TPSA) is 37.4 Å². The SMILES string of the molecule is CCN1C(=O)CSc2ccc(C(=O)Cl)cc21. The van der Waals surface area contributed by atoms with Gasteiger partial charge in [-0.2, -0.15) is 0 Å². The fraction of sp³-hybridized carbons (Fsp3) is 0.273. The van der Waals surface area contributed by atoms with E-state index in [0.717, 1.165) is 10.6 Å². The zero-order valence-corrected chi connectivity index (χ0v) is 10.3. The van der Waals surface area contributed by atoms with E-state index in [4.69, 9.17) is 11.6 Å². The van der Waals surface area contributed by atoms with E-state index in [1.807, 2.05) is 13.0 Å². The molecule has 0 aromatic heterocycles. The third-order valence-electron chi connectivity index (χ3n) is 2.45. The Kier molecular flexibility index (Phi) is 3.21. The van der Waals surface area contributed by atoms with Crippen molar-refractivity contribution in [3.05, 3.63) is 23.8 Å². The van der Waals surface area contributed by atoms with Crippen molar-refractivity contribution in [1.82, 2.24) is 0 Å². The molecule has 2 rings (SSSR count). The van der Waals surface area contributed by atoms with Crippen molar-refractivity contribution in [3.8, 4) is 0 Å². The molecule has 0 fully saturated rings. The van der Waals surface area contributed by atoms with Crippen LogP contribution in [0, 0.1) is 0 Å². The minimum Gasteiger partial charge on any atom is -0.311 e. The van der Waals surface area contributed by atoms with E-state index in [0.29, 0.717) is 17.9 Å². The van der Waals surface area contributed by atoms with Crippen LogP contribution in [-0.4, -0.2) is 23.4 Å². The summed E-state index contributed by atoms with van der Waals surface area (Å²) in [5.74, 6) is 0.522. The van der Waals surface area contributed by atoms with Gasteiger partial charge in [-0.1, -0.05) is 0 Å². The molecular weight excluding hydrogens is 246 g/mol. The number of halogens is 1. The van der Waals surface area contributed by atoms with Crippen molar-refractivity contribution < 1.29 is 9.59 Å². The molecule has 0 unspecified atom stereocenters. The molecule has 0 spiro atoms. The summed E-state index contributed by atoms with van der Waals surface area (Å²) < 4.78 is 0. The Balaban J connectivity index is 2.49.